The van der Waals surface area contributed by atoms with Crippen molar-refractivity contribution in [1.82, 2.24) is 0 Å². The van der Waals surface area contributed by atoms with E-state index in [2.05, 4.69) is 6.92 Å². The van der Waals surface area contributed by atoms with Gasteiger partial charge in [-0.25, -0.2) is 0 Å². The van der Waals surface area contributed by atoms with Gasteiger partial charge in [-0.05, 0) is 12.3 Å². The van der Waals surface area contributed by atoms with Crippen molar-refractivity contribution in [3.8, 4) is 0 Å². The van der Waals surface area contributed by atoms with Gasteiger partial charge in [-0.15, -0.1) is 0 Å². The van der Waals surface area contributed by atoms with Gasteiger partial charge in [-0.1, -0.05) is 6.92 Å². The van der Waals surface area contributed by atoms with Crippen molar-refractivity contribution in [2.45, 2.75) is 25.9 Å². The highest BCUT2D eigenvalue weighted by Gasteiger charge is 2.53. The molecule has 68 valence electrons. The fraction of sp³-hybridized carbons (Fsp3) is 1.00. The molecule has 0 radical (unpaired) electrons. The van der Waals surface area contributed by atoms with Gasteiger partial charge in [-0.2, -0.15) is 0 Å². The van der Waals surface area contributed by atoms with E-state index in [4.69, 9.17) is 14.2 Å². The summed E-state index contributed by atoms with van der Waals surface area (Å²) in [5.41, 5.74) is 0. The van der Waals surface area contributed by atoms with Crippen LogP contribution in [0.3, 0.4) is 0 Å². The lowest BCUT2D eigenvalue weighted by Gasteiger charge is -2.15. The molecule has 5 atom stereocenters. The molecule has 0 bridgehead atoms. The van der Waals surface area contributed by atoms with Gasteiger partial charge in [0.05, 0.1) is 13.2 Å². The molecule has 3 nitrogen and oxygen atoms in total. The number of hydrogen-bond acceptors (Lipinski definition) is 3. The Labute approximate surface area is 72.0 Å². The first-order valence-corrected chi connectivity index (χ1v) is 4.75. The van der Waals surface area contributed by atoms with Crippen molar-refractivity contribution in [2.75, 3.05) is 13.2 Å². The number of hydrogen-bond donors (Lipinski definition) is 0. The Bertz CT molecular complexity index is 194. The molecule has 0 saturated carbocycles. The summed E-state index contributed by atoms with van der Waals surface area (Å²) in [6.07, 6.45) is 1.23. The molecule has 0 aromatic carbocycles. The molecule has 3 rings (SSSR count). The summed E-state index contributed by atoms with van der Waals surface area (Å²) in [6.45, 7) is 3.97. The second-order valence-electron chi connectivity index (χ2n) is 4.08. The summed E-state index contributed by atoms with van der Waals surface area (Å²) >= 11 is 0. The number of fused-ring (bicyclic) bond motifs is 3. The molecule has 12 heavy (non-hydrogen) atoms. The van der Waals surface area contributed by atoms with Gasteiger partial charge in [0.1, 0.15) is 0 Å². The Morgan fingerprint density at radius 3 is 3.00 bits per heavy atom. The summed E-state index contributed by atoms with van der Waals surface area (Å²) in [5, 5.41) is 0. The van der Waals surface area contributed by atoms with E-state index >= 15 is 0 Å². The van der Waals surface area contributed by atoms with Crippen LogP contribution in [-0.4, -0.2) is 25.8 Å². The maximum absolute atomic E-state index is 5.64. The van der Waals surface area contributed by atoms with Crippen molar-refractivity contribution in [3.05, 3.63) is 0 Å². The van der Waals surface area contributed by atoms with Crippen LogP contribution in [0.1, 0.15) is 13.3 Å². The molecule has 0 N–H and O–H groups in total. The van der Waals surface area contributed by atoms with Gasteiger partial charge in [0.15, 0.2) is 12.6 Å². The van der Waals surface area contributed by atoms with Gasteiger partial charge in [0.25, 0.3) is 0 Å². The van der Waals surface area contributed by atoms with E-state index in [1.54, 1.807) is 0 Å². The zero-order valence-corrected chi connectivity index (χ0v) is 7.23. The minimum Gasteiger partial charge on any atom is -0.352 e. The molecular weight excluding hydrogens is 156 g/mol. The fourth-order valence-electron chi connectivity index (χ4n) is 2.72. The van der Waals surface area contributed by atoms with E-state index in [0.29, 0.717) is 17.8 Å². The first kappa shape index (κ1) is 7.30. The van der Waals surface area contributed by atoms with Crippen LogP contribution in [0.5, 0.6) is 0 Å². The monoisotopic (exact) mass is 170 g/mol. The maximum Gasteiger partial charge on any atom is 0.164 e. The highest BCUT2D eigenvalue weighted by atomic mass is 16.8. The highest BCUT2D eigenvalue weighted by molar-refractivity contribution is 4.91. The van der Waals surface area contributed by atoms with Crippen LogP contribution < -0.4 is 0 Å². The Balaban J connectivity index is 1.85. The molecule has 3 saturated heterocycles. The van der Waals surface area contributed by atoms with E-state index in [0.717, 1.165) is 19.6 Å². The van der Waals surface area contributed by atoms with E-state index in [1.807, 2.05) is 0 Å². The smallest absolute Gasteiger partial charge is 0.164 e. The quantitative estimate of drug-likeness (QED) is 0.542. The zero-order valence-electron chi connectivity index (χ0n) is 7.23. The molecule has 3 aliphatic rings. The SMILES string of the molecule is CC1COC2OC3OCCC3C12. The molecule has 0 aromatic heterocycles. The lowest BCUT2D eigenvalue weighted by molar-refractivity contribution is -0.188. The molecule has 0 spiro atoms. The van der Waals surface area contributed by atoms with Crippen molar-refractivity contribution >= 4 is 0 Å². The minimum atomic E-state index is 0.0373. The van der Waals surface area contributed by atoms with Crippen LogP contribution in [0.4, 0.5) is 0 Å². The summed E-state index contributed by atoms with van der Waals surface area (Å²) in [5.74, 6) is 1.84. The predicted molar refractivity (Wildman–Crippen MR) is 41.3 cm³/mol. The normalized spacial score (nSPS) is 57.2. The third-order valence-corrected chi connectivity index (χ3v) is 3.34. The highest BCUT2D eigenvalue weighted by Crippen LogP contribution is 2.47. The van der Waals surface area contributed by atoms with E-state index in [9.17, 15) is 0 Å². The summed E-state index contributed by atoms with van der Waals surface area (Å²) in [4.78, 5) is 0. The van der Waals surface area contributed by atoms with Crippen LogP contribution in [0, 0.1) is 17.8 Å². The Morgan fingerprint density at radius 2 is 2.08 bits per heavy atom. The lowest BCUT2D eigenvalue weighted by atomic mass is 9.85. The van der Waals surface area contributed by atoms with Crippen LogP contribution in [0.15, 0.2) is 0 Å². The van der Waals surface area contributed by atoms with Crippen molar-refractivity contribution in [3.63, 3.8) is 0 Å². The molecule has 0 amide bonds. The molecular formula is C9H14O3. The van der Waals surface area contributed by atoms with Gasteiger partial charge >= 0.3 is 0 Å². The van der Waals surface area contributed by atoms with Gasteiger partial charge in [-0.3, -0.25) is 0 Å². The topological polar surface area (TPSA) is 27.7 Å². The van der Waals surface area contributed by atoms with Crippen molar-refractivity contribution < 1.29 is 14.2 Å². The predicted octanol–water partition coefficient (Wildman–Crippen LogP) is 0.988. The van der Waals surface area contributed by atoms with Crippen LogP contribution in [0.2, 0.25) is 0 Å². The zero-order chi connectivity index (χ0) is 8.13. The first-order valence-electron chi connectivity index (χ1n) is 4.75. The Hall–Kier alpha value is -0.120. The van der Waals surface area contributed by atoms with Crippen molar-refractivity contribution in [1.29, 1.82) is 0 Å². The average molecular weight is 170 g/mol. The lowest BCUT2D eigenvalue weighted by Crippen LogP contribution is -2.20. The first-order chi connectivity index (χ1) is 5.86. The van der Waals surface area contributed by atoms with Gasteiger partial charge in [0.2, 0.25) is 0 Å². The molecule has 0 aliphatic carbocycles. The van der Waals surface area contributed by atoms with Crippen LogP contribution in [-0.2, 0) is 14.2 Å². The second kappa shape index (κ2) is 2.44. The van der Waals surface area contributed by atoms with Crippen LogP contribution >= 0.6 is 0 Å². The third kappa shape index (κ3) is 0.817. The molecule has 3 heterocycles. The van der Waals surface area contributed by atoms with E-state index in [-0.39, 0.29) is 12.6 Å². The van der Waals surface area contributed by atoms with E-state index in [1.165, 1.54) is 0 Å². The molecule has 3 fully saturated rings. The van der Waals surface area contributed by atoms with Gasteiger partial charge in [0, 0.05) is 11.8 Å². The number of rotatable bonds is 0. The van der Waals surface area contributed by atoms with Crippen molar-refractivity contribution in [2.24, 2.45) is 17.8 Å². The molecule has 0 aromatic rings. The minimum absolute atomic E-state index is 0.0373. The number of ether oxygens (including phenoxy) is 3. The fourth-order valence-corrected chi connectivity index (χ4v) is 2.72. The summed E-state index contributed by atoms with van der Waals surface area (Å²) < 4.78 is 16.6. The standard InChI is InChI=1S/C9H14O3/c1-5-4-11-9-7(5)6-2-3-10-8(6)12-9/h5-9H,2-4H2,1H3. The molecule has 3 heteroatoms. The molecule has 5 unspecified atom stereocenters. The average Bonchev–Trinajstić information content (AvgIpc) is 2.61. The molecule has 3 aliphatic heterocycles. The Kier molecular flexibility index (Phi) is 1.48. The maximum atomic E-state index is 5.64. The second-order valence-corrected chi connectivity index (χ2v) is 4.08. The summed E-state index contributed by atoms with van der Waals surface area (Å²) in [6, 6.07) is 0. The van der Waals surface area contributed by atoms with Gasteiger partial charge < -0.3 is 14.2 Å². The van der Waals surface area contributed by atoms with Crippen LogP contribution in [0.25, 0.3) is 0 Å². The Morgan fingerprint density at radius 1 is 1.17 bits per heavy atom. The summed E-state index contributed by atoms with van der Waals surface area (Å²) in [7, 11) is 0. The third-order valence-electron chi connectivity index (χ3n) is 3.34. The van der Waals surface area contributed by atoms with E-state index < -0.39 is 0 Å². The largest absolute Gasteiger partial charge is 0.352 e.